The molecule has 0 aliphatic heterocycles. The van der Waals surface area contributed by atoms with Gasteiger partial charge in [0.2, 0.25) is 0 Å². The SMILES string of the molecule is Cc1csc(C(c2ncc[nH]2)c2nnoc2C)n1. The van der Waals surface area contributed by atoms with Gasteiger partial charge in [0.25, 0.3) is 0 Å². The Hall–Kier alpha value is -2.02. The molecule has 3 aromatic rings. The minimum atomic E-state index is -0.148. The molecule has 6 nitrogen and oxygen atoms in total. The van der Waals surface area contributed by atoms with E-state index in [-0.39, 0.29) is 5.92 Å². The molecule has 0 aromatic carbocycles. The third-order valence-electron chi connectivity index (χ3n) is 2.64. The molecule has 3 aromatic heterocycles. The van der Waals surface area contributed by atoms with E-state index in [1.54, 1.807) is 23.7 Å². The van der Waals surface area contributed by atoms with Crippen LogP contribution in [-0.4, -0.2) is 25.3 Å². The van der Waals surface area contributed by atoms with Crippen LogP contribution < -0.4 is 0 Å². The van der Waals surface area contributed by atoms with Gasteiger partial charge in [-0.3, -0.25) is 0 Å². The maximum Gasteiger partial charge on any atom is 0.158 e. The summed E-state index contributed by atoms with van der Waals surface area (Å²) in [6.45, 7) is 3.80. The van der Waals surface area contributed by atoms with Crippen molar-refractivity contribution < 1.29 is 4.52 Å². The summed E-state index contributed by atoms with van der Waals surface area (Å²) in [5, 5.41) is 10.6. The number of thiazole rings is 1. The summed E-state index contributed by atoms with van der Waals surface area (Å²) >= 11 is 1.58. The molecular weight excluding hydrogens is 250 g/mol. The van der Waals surface area contributed by atoms with Crippen LogP contribution in [0.15, 0.2) is 22.3 Å². The van der Waals surface area contributed by atoms with Crippen molar-refractivity contribution in [2.24, 2.45) is 0 Å². The maximum atomic E-state index is 5.05. The first-order valence-corrected chi connectivity index (χ1v) is 6.34. The zero-order valence-corrected chi connectivity index (χ0v) is 10.7. The zero-order chi connectivity index (χ0) is 12.5. The molecule has 0 radical (unpaired) electrons. The molecule has 0 spiro atoms. The summed E-state index contributed by atoms with van der Waals surface area (Å²) < 4.78 is 5.05. The summed E-state index contributed by atoms with van der Waals surface area (Å²) in [5.74, 6) is 1.33. The Balaban J connectivity index is 2.13. The first-order chi connectivity index (χ1) is 8.75. The van der Waals surface area contributed by atoms with Gasteiger partial charge in [-0.05, 0) is 13.8 Å². The van der Waals surface area contributed by atoms with Crippen molar-refractivity contribution in [3.05, 3.63) is 45.8 Å². The normalized spacial score (nSPS) is 12.8. The average molecular weight is 261 g/mol. The van der Waals surface area contributed by atoms with Crippen LogP contribution in [0.4, 0.5) is 0 Å². The van der Waals surface area contributed by atoms with E-state index in [2.05, 4.69) is 25.3 Å². The largest absolute Gasteiger partial charge is 0.348 e. The Morgan fingerprint density at radius 2 is 2.28 bits per heavy atom. The molecule has 1 atom stereocenters. The van der Waals surface area contributed by atoms with E-state index in [0.717, 1.165) is 22.2 Å². The van der Waals surface area contributed by atoms with Crippen LogP contribution in [0.5, 0.6) is 0 Å². The van der Waals surface area contributed by atoms with Crippen LogP contribution in [0.1, 0.15) is 33.9 Å². The van der Waals surface area contributed by atoms with E-state index in [9.17, 15) is 0 Å². The predicted octanol–water partition coefficient (Wildman–Crippen LogP) is 2.05. The molecule has 92 valence electrons. The first-order valence-electron chi connectivity index (χ1n) is 5.46. The molecule has 3 heterocycles. The average Bonchev–Trinajstić information content (AvgIpc) is 3.05. The van der Waals surface area contributed by atoms with Gasteiger partial charge in [-0.25, -0.2) is 9.97 Å². The molecule has 0 amide bonds. The lowest BCUT2D eigenvalue weighted by atomic mass is 10.0. The predicted molar refractivity (Wildman–Crippen MR) is 65.4 cm³/mol. The Morgan fingerprint density at radius 3 is 2.83 bits per heavy atom. The van der Waals surface area contributed by atoms with Gasteiger partial charge in [-0.2, -0.15) is 0 Å². The minimum Gasteiger partial charge on any atom is -0.348 e. The standard InChI is InChI=1S/C11H11N5OS/c1-6-5-18-11(14-6)8(10-12-3-4-13-10)9-7(2)17-16-15-9/h3-5,8H,1-2H3,(H,12,13). The fourth-order valence-electron chi connectivity index (χ4n) is 1.81. The van der Waals surface area contributed by atoms with Crippen molar-refractivity contribution in [2.75, 3.05) is 0 Å². The molecule has 0 aliphatic rings. The van der Waals surface area contributed by atoms with Gasteiger partial charge in [0, 0.05) is 28.7 Å². The van der Waals surface area contributed by atoms with E-state index in [1.165, 1.54) is 0 Å². The lowest BCUT2D eigenvalue weighted by molar-refractivity contribution is 0.373. The number of aromatic amines is 1. The number of nitrogens with one attached hydrogen (secondary N) is 1. The third kappa shape index (κ3) is 1.82. The molecular formula is C11H11N5OS. The van der Waals surface area contributed by atoms with E-state index < -0.39 is 0 Å². The number of H-pyrrole nitrogens is 1. The smallest absolute Gasteiger partial charge is 0.158 e. The van der Waals surface area contributed by atoms with Crippen molar-refractivity contribution in [1.29, 1.82) is 0 Å². The molecule has 0 saturated carbocycles. The van der Waals surface area contributed by atoms with Gasteiger partial charge in [0.1, 0.15) is 22.4 Å². The second kappa shape index (κ2) is 4.34. The van der Waals surface area contributed by atoms with Crippen LogP contribution in [0.3, 0.4) is 0 Å². The fraction of sp³-hybridized carbons (Fsp3) is 0.273. The van der Waals surface area contributed by atoms with Crippen LogP contribution in [0.25, 0.3) is 0 Å². The van der Waals surface area contributed by atoms with Crippen molar-refractivity contribution in [3.8, 4) is 0 Å². The number of imidazole rings is 1. The Labute approximate surface area is 107 Å². The lowest BCUT2D eigenvalue weighted by Gasteiger charge is -2.08. The summed E-state index contributed by atoms with van der Waals surface area (Å²) in [7, 11) is 0. The number of hydrogen-bond donors (Lipinski definition) is 1. The van der Waals surface area contributed by atoms with Gasteiger partial charge < -0.3 is 9.51 Å². The maximum absolute atomic E-state index is 5.05. The van der Waals surface area contributed by atoms with Gasteiger partial charge in [-0.15, -0.1) is 16.4 Å². The van der Waals surface area contributed by atoms with E-state index >= 15 is 0 Å². The highest BCUT2D eigenvalue weighted by Crippen LogP contribution is 2.32. The van der Waals surface area contributed by atoms with Crippen LogP contribution >= 0.6 is 11.3 Å². The Kier molecular flexibility index (Phi) is 2.67. The highest BCUT2D eigenvalue weighted by molar-refractivity contribution is 7.09. The summed E-state index contributed by atoms with van der Waals surface area (Å²) in [6.07, 6.45) is 3.50. The van der Waals surface area contributed by atoms with Gasteiger partial charge in [0.05, 0.1) is 0 Å². The van der Waals surface area contributed by atoms with E-state index in [1.807, 2.05) is 19.2 Å². The van der Waals surface area contributed by atoms with Crippen molar-refractivity contribution in [3.63, 3.8) is 0 Å². The molecule has 1 N–H and O–H groups in total. The second-order valence-electron chi connectivity index (χ2n) is 3.95. The highest BCUT2D eigenvalue weighted by atomic mass is 32.1. The number of aryl methyl sites for hydroxylation is 2. The summed E-state index contributed by atoms with van der Waals surface area (Å²) in [6, 6.07) is 0. The summed E-state index contributed by atoms with van der Waals surface area (Å²) in [4.78, 5) is 11.9. The molecule has 1 unspecified atom stereocenters. The third-order valence-corrected chi connectivity index (χ3v) is 3.66. The zero-order valence-electron chi connectivity index (χ0n) is 9.91. The molecule has 0 bridgehead atoms. The van der Waals surface area contributed by atoms with Crippen molar-refractivity contribution in [1.82, 2.24) is 25.3 Å². The summed E-state index contributed by atoms with van der Waals surface area (Å²) in [5.41, 5.74) is 1.74. The lowest BCUT2D eigenvalue weighted by Crippen LogP contribution is -2.07. The Bertz CT molecular complexity index is 642. The van der Waals surface area contributed by atoms with Crippen molar-refractivity contribution in [2.45, 2.75) is 19.8 Å². The number of hydrogen-bond acceptors (Lipinski definition) is 6. The highest BCUT2D eigenvalue weighted by Gasteiger charge is 2.27. The van der Waals surface area contributed by atoms with Crippen LogP contribution in [0.2, 0.25) is 0 Å². The topological polar surface area (TPSA) is 80.5 Å². The molecule has 18 heavy (non-hydrogen) atoms. The molecule has 3 rings (SSSR count). The molecule has 0 fully saturated rings. The quantitative estimate of drug-likeness (QED) is 0.780. The second-order valence-corrected chi connectivity index (χ2v) is 4.84. The number of rotatable bonds is 3. The minimum absolute atomic E-state index is 0.148. The Morgan fingerprint density at radius 1 is 1.39 bits per heavy atom. The van der Waals surface area contributed by atoms with Gasteiger partial charge in [-0.1, -0.05) is 0 Å². The molecule has 0 saturated heterocycles. The van der Waals surface area contributed by atoms with Gasteiger partial charge >= 0.3 is 0 Å². The van der Waals surface area contributed by atoms with E-state index in [0.29, 0.717) is 5.76 Å². The number of aromatic nitrogens is 5. The number of nitrogens with zero attached hydrogens (tertiary/aromatic N) is 4. The molecule has 7 heteroatoms. The first kappa shape index (κ1) is 11.1. The fourth-order valence-corrected chi connectivity index (χ4v) is 2.71. The van der Waals surface area contributed by atoms with E-state index in [4.69, 9.17) is 4.52 Å². The monoisotopic (exact) mass is 261 g/mol. The van der Waals surface area contributed by atoms with Crippen LogP contribution in [0, 0.1) is 13.8 Å². The van der Waals surface area contributed by atoms with Gasteiger partial charge in [0.15, 0.2) is 5.76 Å². The van der Waals surface area contributed by atoms with Crippen molar-refractivity contribution >= 4 is 11.3 Å². The molecule has 0 aliphatic carbocycles. The van der Waals surface area contributed by atoms with Crippen LogP contribution in [-0.2, 0) is 0 Å².